The second kappa shape index (κ2) is 20.6. The Morgan fingerprint density at radius 3 is 2.14 bits per heavy atom. The molecule has 0 radical (unpaired) electrons. The lowest BCUT2D eigenvalue weighted by atomic mass is 9.80. The molecule has 328 valence electrons. The summed E-state index contributed by atoms with van der Waals surface area (Å²) in [6.45, 7) is 7.42. The maximum atomic E-state index is 14.5. The van der Waals surface area contributed by atoms with Gasteiger partial charge in [-0.2, -0.15) is 0 Å². The number of benzene rings is 3. The number of nitrogens with two attached hydrogens (primary N) is 1. The van der Waals surface area contributed by atoms with Crippen LogP contribution >= 0.6 is 23.1 Å². The highest BCUT2D eigenvalue weighted by molar-refractivity contribution is 8.00. The van der Waals surface area contributed by atoms with Crippen LogP contribution in [0, 0.1) is 12.8 Å². The molecule has 0 aliphatic carbocycles. The van der Waals surface area contributed by atoms with Gasteiger partial charge >= 0.3 is 11.9 Å². The molecule has 5 aromatic rings. The standard InChI is InChI=1S/C49H48N6O7S2/c1-5-16-34(46(58)60-27-31(2)3)28-61-47(59)42-35(25-24-33-17-15-26-51-32(33)4)29-63-45-41(44(57)55(42)45)53-43(56)40(39-30-64-48(50)52-39)54-62-49(36-18-9-6-10-19-36,37-20-11-7-12-21-37)38-22-13-8-14-23-38/h6-26,30-31,41,45H,5,27-29H2,1-4H3,(H2,50,52)(H,53,56)/b25-24-,34-16+,54-40?/t41-,45+/m1/s1. The van der Waals surface area contributed by atoms with Crippen molar-refractivity contribution in [3.63, 3.8) is 0 Å². The minimum absolute atomic E-state index is 0.00584. The summed E-state index contributed by atoms with van der Waals surface area (Å²) in [5.41, 5.74) is 9.24. The van der Waals surface area contributed by atoms with Crippen LogP contribution in [0.5, 0.6) is 0 Å². The Morgan fingerprint density at radius 1 is 0.938 bits per heavy atom. The molecule has 2 amide bonds. The van der Waals surface area contributed by atoms with E-state index in [4.69, 9.17) is 20.0 Å². The lowest BCUT2D eigenvalue weighted by molar-refractivity contribution is -0.152. The number of amides is 2. The zero-order valence-corrected chi connectivity index (χ0v) is 37.4. The molecule has 64 heavy (non-hydrogen) atoms. The molecule has 2 aliphatic rings. The third-order valence-corrected chi connectivity index (χ3v) is 12.4. The highest BCUT2D eigenvalue weighted by atomic mass is 32.2. The number of aryl methyl sites for hydroxylation is 1. The number of nitrogens with zero attached hydrogens (tertiary/aromatic N) is 4. The molecule has 0 spiro atoms. The third-order valence-electron chi connectivity index (χ3n) is 10.4. The summed E-state index contributed by atoms with van der Waals surface area (Å²) in [6, 6.07) is 31.3. The summed E-state index contributed by atoms with van der Waals surface area (Å²) in [4.78, 5) is 72.6. The number of oxime groups is 1. The van der Waals surface area contributed by atoms with E-state index in [0.29, 0.717) is 12.0 Å². The first-order valence-corrected chi connectivity index (χ1v) is 22.7. The number of fused-ring (bicyclic) bond motifs is 1. The quantitative estimate of drug-likeness (QED) is 0.0235. The second-order valence-corrected chi connectivity index (χ2v) is 17.3. The highest BCUT2D eigenvalue weighted by Gasteiger charge is 2.54. The van der Waals surface area contributed by atoms with Crippen LogP contribution in [0.3, 0.4) is 0 Å². The van der Waals surface area contributed by atoms with E-state index >= 15 is 0 Å². The van der Waals surface area contributed by atoms with Gasteiger partial charge in [-0.1, -0.05) is 141 Å². The first kappa shape index (κ1) is 45.2. The van der Waals surface area contributed by atoms with Gasteiger partial charge < -0.3 is 25.4 Å². The van der Waals surface area contributed by atoms with Crippen LogP contribution in [0.4, 0.5) is 5.13 Å². The smallest absolute Gasteiger partial charge is 0.355 e. The normalized spacial score (nSPS) is 16.6. The summed E-state index contributed by atoms with van der Waals surface area (Å²) in [6.07, 6.45) is 7.43. The van der Waals surface area contributed by atoms with Gasteiger partial charge in [0.1, 0.15) is 29.4 Å². The van der Waals surface area contributed by atoms with E-state index in [9.17, 15) is 19.2 Å². The van der Waals surface area contributed by atoms with Crippen LogP contribution in [0.15, 0.2) is 149 Å². The van der Waals surface area contributed by atoms with Crippen LogP contribution in [-0.4, -0.2) is 74.7 Å². The molecule has 0 unspecified atom stereocenters. The molecular weight excluding hydrogens is 849 g/mol. The van der Waals surface area contributed by atoms with Crippen molar-refractivity contribution < 1.29 is 33.5 Å². The maximum absolute atomic E-state index is 14.5. The average Bonchev–Trinajstić information content (AvgIpc) is 3.75. The number of anilines is 1. The summed E-state index contributed by atoms with van der Waals surface area (Å²) in [7, 11) is 0. The van der Waals surface area contributed by atoms with Crippen molar-refractivity contribution in [3.05, 3.63) is 177 Å². The number of hydrogen-bond donors (Lipinski definition) is 2. The minimum Gasteiger partial charge on any atom is -0.462 e. The molecule has 13 nitrogen and oxygen atoms in total. The van der Waals surface area contributed by atoms with Gasteiger partial charge in [0.05, 0.1) is 12.2 Å². The third kappa shape index (κ3) is 9.85. The number of allylic oxidation sites excluding steroid dienone is 2. The predicted octanol–water partition coefficient (Wildman–Crippen LogP) is 7.59. The number of thioether (sulfide) groups is 1. The van der Waals surface area contributed by atoms with E-state index in [1.54, 1.807) is 23.7 Å². The second-order valence-electron chi connectivity index (χ2n) is 15.3. The van der Waals surface area contributed by atoms with E-state index in [1.165, 1.54) is 16.7 Å². The molecule has 0 saturated carbocycles. The predicted molar refractivity (Wildman–Crippen MR) is 249 cm³/mol. The largest absolute Gasteiger partial charge is 0.462 e. The first-order valence-electron chi connectivity index (χ1n) is 20.8. The van der Waals surface area contributed by atoms with E-state index in [1.807, 2.05) is 137 Å². The fraction of sp³-hybridized carbons (Fsp3) is 0.245. The number of carbonyl (C=O) groups excluding carboxylic acids is 4. The van der Waals surface area contributed by atoms with Crippen LogP contribution in [0.25, 0.3) is 6.08 Å². The van der Waals surface area contributed by atoms with Gasteiger partial charge in [0.15, 0.2) is 10.8 Å². The van der Waals surface area contributed by atoms with Crippen molar-refractivity contribution in [2.45, 2.75) is 51.1 Å². The molecule has 4 heterocycles. The molecule has 2 aromatic heterocycles. The Kier molecular flexibility index (Phi) is 14.5. The number of carbonyl (C=O) groups is 4. The van der Waals surface area contributed by atoms with Crippen molar-refractivity contribution in [2.75, 3.05) is 24.7 Å². The number of aromatic nitrogens is 2. The number of nitrogens with one attached hydrogen (secondary N) is 1. The Labute approximate surface area is 380 Å². The monoisotopic (exact) mass is 896 g/mol. The van der Waals surface area contributed by atoms with Gasteiger partial charge in [0, 0.05) is 39.7 Å². The Morgan fingerprint density at radius 2 is 1.58 bits per heavy atom. The molecule has 2 aliphatic heterocycles. The van der Waals surface area contributed by atoms with Gasteiger partial charge in [-0.15, -0.1) is 23.1 Å². The van der Waals surface area contributed by atoms with Crippen molar-refractivity contribution in [1.82, 2.24) is 20.2 Å². The summed E-state index contributed by atoms with van der Waals surface area (Å²) < 4.78 is 11.2. The van der Waals surface area contributed by atoms with Crippen molar-refractivity contribution in [2.24, 2.45) is 11.1 Å². The Bertz CT molecular complexity index is 2510. The van der Waals surface area contributed by atoms with Gasteiger partial charge in [-0.05, 0) is 36.5 Å². The van der Waals surface area contributed by atoms with Gasteiger partial charge in [0.25, 0.3) is 11.8 Å². The minimum atomic E-state index is -1.32. The van der Waals surface area contributed by atoms with E-state index < -0.39 is 40.8 Å². The Balaban J connectivity index is 1.20. The fourth-order valence-electron chi connectivity index (χ4n) is 7.22. The number of esters is 2. The van der Waals surface area contributed by atoms with E-state index in [-0.39, 0.29) is 52.7 Å². The number of thiazole rings is 1. The first-order chi connectivity index (χ1) is 31.0. The van der Waals surface area contributed by atoms with Crippen LogP contribution in [0.1, 0.15) is 60.8 Å². The topological polar surface area (TPSA) is 175 Å². The molecule has 7 rings (SSSR count). The van der Waals surface area contributed by atoms with Crippen molar-refractivity contribution in [1.29, 1.82) is 0 Å². The van der Waals surface area contributed by atoms with E-state index in [0.717, 1.165) is 39.3 Å². The Hall–Kier alpha value is -6.84. The molecule has 2 atom stereocenters. The maximum Gasteiger partial charge on any atom is 0.355 e. The number of nitrogen functional groups attached to an aromatic ring is 1. The number of hydrogen-bond acceptors (Lipinski definition) is 13. The zero-order valence-electron chi connectivity index (χ0n) is 35.8. The SMILES string of the molecule is CC/C=C(\COC(=O)C1=C(/C=C\c2cccnc2C)CS[C@H]2[C@H](NC(=O)C(=NOC(c3ccccc3)(c3ccccc3)c3ccccc3)c3csc(N)n3)C(=O)N12)C(=O)OCC(C)C. The number of β-lactam (4-membered cyclic amide) rings is 1. The average molecular weight is 897 g/mol. The molecule has 1 saturated heterocycles. The molecule has 0 bridgehead atoms. The molecule has 1 fully saturated rings. The highest BCUT2D eigenvalue weighted by Crippen LogP contribution is 2.43. The van der Waals surface area contributed by atoms with Crippen LogP contribution in [0.2, 0.25) is 0 Å². The molecular formula is C49H48N6O7S2. The van der Waals surface area contributed by atoms with Crippen molar-refractivity contribution in [3.8, 4) is 0 Å². The summed E-state index contributed by atoms with van der Waals surface area (Å²) >= 11 is 2.49. The lowest BCUT2D eigenvalue weighted by Crippen LogP contribution is -2.71. The van der Waals surface area contributed by atoms with Crippen LogP contribution < -0.4 is 11.1 Å². The lowest BCUT2D eigenvalue weighted by Gasteiger charge is -2.49. The fourth-order valence-corrected chi connectivity index (χ4v) is 9.09. The summed E-state index contributed by atoms with van der Waals surface area (Å²) in [5.74, 6) is -2.28. The van der Waals surface area contributed by atoms with Crippen molar-refractivity contribution >= 4 is 63.8 Å². The van der Waals surface area contributed by atoms with Gasteiger partial charge in [0.2, 0.25) is 5.60 Å². The molecule has 3 aromatic carbocycles. The van der Waals surface area contributed by atoms with Crippen LogP contribution in [-0.2, 0) is 39.1 Å². The summed E-state index contributed by atoms with van der Waals surface area (Å²) in [5, 5.41) is 8.54. The number of rotatable bonds is 17. The zero-order chi connectivity index (χ0) is 45.2. The van der Waals surface area contributed by atoms with Gasteiger partial charge in [-0.25, -0.2) is 14.6 Å². The number of ether oxygens (including phenoxy) is 2. The van der Waals surface area contributed by atoms with Gasteiger partial charge in [-0.3, -0.25) is 19.5 Å². The van der Waals surface area contributed by atoms with E-state index in [2.05, 4.69) is 20.4 Å². The molecule has 15 heteroatoms. The number of pyridine rings is 1. The molecule has 3 N–H and O–H groups in total.